The van der Waals surface area contributed by atoms with Crippen LogP contribution >= 0.6 is 15.9 Å². The standard InChI is InChI=1S/C12H14BrNO/c1-12(5-6-12)8-14-11(15)9-3-2-4-10(13)7-9/h2-4,7H,5-6,8H2,1H3,(H,14,15). The zero-order valence-electron chi connectivity index (χ0n) is 8.72. The molecule has 0 aliphatic heterocycles. The zero-order valence-corrected chi connectivity index (χ0v) is 10.3. The molecule has 0 radical (unpaired) electrons. The van der Waals surface area contributed by atoms with Crippen LogP contribution in [-0.2, 0) is 0 Å². The van der Waals surface area contributed by atoms with E-state index < -0.39 is 0 Å². The summed E-state index contributed by atoms with van der Waals surface area (Å²) in [6.45, 7) is 2.99. The quantitative estimate of drug-likeness (QED) is 0.897. The lowest BCUT2D eigenvalue weighted by Gasteiger charge is -2.10. The number of halogens is 1. The number of amides is 1. The fourth-order valence-electron chi connectivity index (χ4n) is 1.42. The lowest BCUT2D eigenvalue weighted by atomic mass is 10.1. The molecule has 0 unspecified atom stereocenters. The third kappa shape index (κ3) is 2.81. The van der Waals surface area contributed by atoms with Gasteiger partial charge < -0.3 is 5.32 Å². The largest absolute Gasteiger partial charge is 0.351 e. The molecule has 3 heteroatoms. The van der Waals surface area contributed by atoms with Gasteiger partial charge in [-0.25, -0.2) is 0 Å². The van der Waals surface area contributed by atoms with Crippen LogP contribution in [0.1, 0.15) is 30.1 Å². The fourth-order valence-corrected chi connectivity index (χ4v) is 1.81. The van der Waals surface area contributed by atoms with Gasteiger partial charge >= 0.3 is 0 Å². The Morgan fingerprint density at radius 2 is 2.27 bits per heavy atom. The Bertz CT molecular complexity index is 385. The molecule has 1 aromatic carbocycles. The third-order valence-corrected chi connectivity index (χ3v) is 3.36. The van der Waals surface area contributed by atoms with E-state index in [1.165, 1.54) is 12.8 Å². The molecule has 1 aliphatic carbocycles. The Balaban J connectivity index is 1.95. The minimum absolute atomic E-state index is 0.0180. The summed E-state index contributed by atoms with van der Waals surface area (Å²) in [6, 6.07) is 7.46. The minimum Gasteiger partial charge on any atom is -0.351 e. The summed E-state index contributed by atoms with van der Waals surface area (Å²) in [5.74, 6) is 0.0180. The highest BCUT2D eigenvalue weighted by molar-refractivity contribution is 9.10. The van der Waals surface area contributed by atoms with Crippen molar-refractivity contribution in [1.29, 1.82) is 0 Å². The molecule has 0 aromatic heterocycles. The maximum absolute atomic E-state index is 11.7. The third-order valence-electron chi connectivity index (χ3n) is 2.87. The van der Waals surface area contributed by atoms with Crippen molar-refractivity contribution in [2.24, 2.45) is 5.41 Å². The SMILES string of the molecule is CC1(CNC(=O)c2cccc(Br)c2)CC1. The topological polar surface area (TPSA) is 29.1 Å². The van der Waals surface area contributed by atoms with Crippen molar-refractivity contribution < 1.29 is 4.79 Å². The predicted molar refractivity (Wildman–Crippen MR) is 63.8 cm³/mol. The first kappa shape index (κ1) is 10.7. The second-order valence-electron chi connectivity index (χ2n) is 4.50. The number of nitrogens with one attached hydrogen (secondary N) is 1. The maximum atomic E-state index is 11.7. The second-order valence-corrected chi connectivity index (χ2v) is 5.42. The van der Waals surface area contributed by atoms with Gasteiger partial charge in [0.1, 0.15) is 0 Å². The number of rotatable bonds is 3. The van der Waals surface area contributed by atoms with Crippen LogP contribution in [0.5, 0.6) is 0 Å². The van der Waals surface area contributed by atoms with Gasteiger partial charge in [-0.15, -0.1) is 0 Å². The van der Waals surface area contributed by atoms with Crippen LogP contribution < -0.4 is 5.32 Å². The van der Waals surface area contributed by atoms with Crippen LogP contribution in [0.2, 0.25) is 0 Å². The van der Waals surface area contributed by atoms with Crippen molar-refractivity contribution in [3.8, 4) is 0 Å². The Morgan fingerprint density at radius 1 is 1.53 bits per heavy atom. The van der Waals surface area contributed by atoms with E-state index in [9.17, 15) is 4.79 Å². The molecular formula is C12H14BrNO. The van der Waals surface area contributed by atoms with Gasteiger partial charge in [-0.2, -0.15) is 0 Å². The molecule has 1 fully saturated rings. The molecule has 2 nitrogen and oxygen atoms in total. The van der Waals surface area contributed by atoms with Crippen molar-refractivity contribution in [2.45, 2.75) is 19.8 Å². The van der Waals surface area contributed by atoms with Crippen LogP contribution in [0.15, 0.2) is 28.7 Å². The summed E-state index contributed by atoms with van der Waals surface area (Å²) in [5, 5.41) is 2.97. The first-order valence-corrected chi connectivity index (χ1v) is 5.92. The van der Waals surface area contributed by atoms with Crippen molar-refractivity contribution in [2.75, 3.05) is 6.54 Å². The first-order valence-electron chi connectivity index (χ1n) is 5.13. The molecule has 0 saturated heterocycles. The number of carbonyl (C=O) groups is 1. The van der Waals surface area contributed by atoms with Gasteiger partial charge in [0.25, 0.3) is 5.91 Å². The number of hydrogen-bond donors (Lipinski definition) is 1. The normalized spacial score (nSPS) is 17.2. The van der Waals surface area contributed by atoms with E-state index >= 15 is 0 Å². The number of benzene rings is 1. The average molecular weight is 268 g/mol. The molecule has 15 heavy (non-hydrogen) atoms. The van der Waals surface area contributed by atoms with Gasteiger partial charge in [0.15, 0.2) is 0 Å². The molecule has 0 heterocycles. The van der Waals surface area contributed by atoms with E-state index in [1.807, 2.05) is 24.3 Å². The first-order chi connectivity index (χ1) is 7.09. The highest BCUT2D eigenvalue weighted by atomic mass is 79.9. The molecule has 0 atom stereocenters. The second kappa shape index (κ2) is 3.97. The van der Waals surface area contributed by atoms with Gasteiger partial charge in [0.2, 0.25) is 0 Å². The van der Waals surface area contributed by atoms with Crippen LogP contribution in [0, 0.1) is 5.41 Å². The summed E-state index contributed by atoms with van der Waals surface area (Å²) in [5.41, 5.74) is 1.08. The van der Waals surface area contributed by atoms with Crippen molar-refractivity contribution in [1.82, 2.24) is 5.32 Å². The maximum Gasteiger partial charge on any atom is 0.251 e. The van der Waals surface area contributed by atoms with Gasteiger partial charge in [-0.05, 0) is 36.5 Å². The van der Waals surface area contributed by atoms with Gasteiger partial charge in [-0.1, -0.05) is 28.9 Å². The lowest BCUT2D eigenvalue weighted by Crippen LogP contribution is -2.28. The van der Waals surface area contributed by atoms with Crippen LogP contribution in [0.4, 0.5) is 0 Å². The number of carbonyl (C=O) groups excluding carboxylic acids is 1. The fraction of sp³-hybridized carbons (Fsp3) is 0.417. The van der Waals surface area contributed by atoms with Crippen molar-refractivity contribution in [3.05, 3.63) is 34.3 Å². The molecule has 80 valence electrons. The number of hydrogen-bond acceptors (Lipinski definition) is 1. The molecule has 1 amide bonds. The molecule has 0 bridgehead atoms. The van der Waals surface area contributed by atoms with Crippen LogP contribution in [0.3, 0.4) is 0 Å². The zero-order chi connectivity index (χ0) is 10.9. The van der Waals surface area contributed by atoms with Crippen LogP contribution in [-0.4, -0.2) is 12.5 Å². The molecule has 1 saturated carbocycles. The molecule has 2 rings (SSSR count). The van der Waals surface area contributed by atoms with Gasteiger partial charge in [0.05, 0.1) is 0 Å². The summed E-state index contributed by atoms with van der Waals surface area (Å²) >= 11 is 3.35. The predicted octanol–water partition coefficient (Wildman–Crippen LogP) is 2.98. The summed E-state index contributed by atoms with van der Waals surface area (Å²) < 4.78 is 0.938. The Kier molecular flexibility index (Phi) is 2.83. The van der Waals surface area contributed by atoms with E-state index in [0.29, 0.717) is 11.0 Å². The average Bonchev–Trinajstić information content (AvgIpc) is 2.94. The summed E-state index contributed by atoms with van der Waals surface area (Å²) in [7, 11) is 0. The Hall–Kier alpha value is -0.830. The molecule has 1 aromatic rings. The van der Waals surface area contributed by atoms with E-state index in [0.717, 1.165) is 11.0 Å². The van der Waals surface area contributed by atoms with Crippen LogP contribution in [0.25, 0.3) is 0 Å². The Labute approximate surface area is 98.2 Å². The Morgan fingerprint density at radius 3 is 2.87 bits per heavy atom. The molecular weight excluding hydrogens is 254 g/mol. The molecule has 1 N–H and O–H groups in total. The monoisotopic (exact) mass is 267 g/mol. The summed E-state index contributed by atoms with van der Waals surface area (Å²) in [4.78, 5) is 11.7. The highest BCUT2D eigenvalue weighted by Gasteiger charge is 2.37. The van der Waals surface area contributed by atoms with Crippen molar-refractivity contribution >= 4 is 21.8 Å². The van der Waals surface area contributed by atoms with E-state index in [-0.39, 0.29) is 5.91 Å². The lowest BCUT2D eigenvalue weighted by molar-refractivity contribution is 0.0946. The highest BCUT2D eigenvalue weighted by Crippen LogP contribution is 2.44. The molecule has 1 aliphatic rings. The van der Waals surface area contributed by atoms with E-state index in [4.69, 9.17) is 0 Å². The minimum atomic E-state index is 0.0180. The van der Waals surface area contributed by atoms with Crippen molar-refractivity contribution in [3.63, 3.8) is 0 Å². The smallest absolute Gasteiger partial charge is 0.251 e. The summed E-state index contributed by atoms with van der Waals surface area (Å²) in [6.07, 6.45) is 2.46. The van der Waals surface area contributed by atoms with Gasteiger partial charge in [0, 0.05) is 16.6 Å². The van der Waals surface area contributed by atoms with Gasteiger partial charge in [-0.3, -0.25) is 4.79 Å². The molecule has 0 spiro atoms. The van der Waals surface area contributed by atoms with E-state index in [2.05, 4.69) is 28.2 Å². The van der Waals surface area contributed by atoms with E-state index in [1.54, 1.807) is 0 Å².